The molecule has 0 saturated heterocycles. The fraction of sp³-hybridized carbons (Fsp3) is 0.154. The van der Waals surface area contributed by atoms with Gasteiger partial charge in [0, 0.05) is 6.20 Å². The smallest absolute Gasteiger partial charge is 0.372 e. The topological polar surface area (TPSA) is 91.9 Å². The molecule has 0 saturated carbocycles. The summed E-state index contributed by atoms with van der Waals surface area (Å²) in [5.74, 6) is -0.970. The van der Waals surface area contributed by atoms with E-state index >= 15 is 0 Å². The first-order valence-corrected chi connectivity index (χ1v) is 8.35. The number of aromatic nitrogens is 5. The average molecular weight is 409 g/mol. The number of benzene rings is 1. The van der Waals surface area contributed by atoms with E-state index in [0.717, 1.165) is 23.1 Å². The van der Waals surface area contributed by atoms with Crippen LogP contribution < -0.4 is 0 Å². The zero-order valence-electron chi connectivity index (χ0n) is 12.9. The number of rotatable bonds is 5. The van der Waals surface area contributed by atoms with Gasteiger partial charge >= 0.3 is 22.2 Å². The van der Waals surface area contributed by atoms with E-state index in [1.54, 1.807) is 18.2 Å². The Morgan fingerprint density at radius 2 is 1.89 bits per heavy atom. The van der Waals surface area contributed by atoms with E-state index in [-0.39, 0.29) is 4.68 Å². The van der Waals surface area contributed by atoms with Crippen molar-refractivity contribution in [1.29, 1.82) is 0 Å². The molecule has 0 bridgehead atoms. The quantitative estimate of drug-likeness (QED) is 0.279. The van der Waals surface area contributed by atoms with Gasteiger partial charge in [0.15, 0.2) is 5.76 Å². The van der Waals surface area contributed by atoms with E-state index in [1.807, 2.05) is 0 Å². The van der Waals surface area contributed by atoms with Crippen LogP contribution in [0.15, 0.2) is 36.5 Å². The number of fused-ring (bicyclic) bond motifs is 1. The molecule has 3 rings (SSSR count). The normalized spacial score (nSPS) is 13.5. The highest BCUT2D eigenvalue weighted by Gasteiger charge is 2.49. The molecule has 0 aliphatic carbocycles. The second-order valence-corrected chi connectivity index (χ2v) is 6.50. The van der Waals surface area contributed by atoms with E-state index in [2.05, 4.69) is 19.6 Å². The molecule has 2 aromatic heterocycles. The molecule has 2 heterocycles. The van der Waals surface area contributed by atoms with Gasteiger partial charge in [-0.1, -0.05) is 17.3 Å². The predicted molar refractivity (Wildman–Crippen MR) is 81.2 cm³/mol. The Balaban J connectivity index is 2.12. The highest BCUT2D eigenvalue weighted by Crippen LogP contribution is 2.30. The molecule has 0 fully saturated rings. The predicted octanol–water partition coefficient (Wildman–Crippen LogP) is 2.84. The lowest BCUT2D eigenvalue weighted by Crippen LogP contribution is -2.25. The minimum absolute atomic E-state index is 0.117. The van der Waals surface area contributed by atoms with Gasteiger partial charge < -0.3 is 4.18 Å². The maximum Gasteiger partial charge on any atom is 0.534 e. The van der Waals surface area contributed by atoms with Crippen molar-refractivity contribution >= 4 is 33.1 Å². The van der Waals surface area contributed by atoms with Crippen molar-refractivity contribution in [2.45, 2.75) is 12.1 Å². The Hall–Kier alpha value is -3.03. The van der Waals surface area contributed by atoms with Crippen LogP contribution in [0.3, 0.4) is 0 Å². The fourth-order valence-corrected chi connectivity index (χ4v) is 2.43. The van der Waals surface area contributed by atoms with Gasteiger partial charge in [-0.15, -0.1) is 5.10 Å². The summed E-state index contributed by atoms with van der Waals surface area (Å²) in [5.41, 5.74) is -5.66. The zero-order valence-corrected chi connectivity index (χ0v) is 13.7. The lowest BCUT2D eigenvalue weighted by atomic mass is 10.3. The number of hydrogen-bond donors (Lipinski definition) is 0. The SMILES string of the molecule is O=S(=O)(O/C(=C\n1nnc2ccccc21)c1ccn(C(F)F)n1)C(F)(F)F. The summed E-state index contributed by atoms with van der Waals surface area (Å²) >= 11 is 0. The molecule has 14 heteroatoms. The summed E-state index contributed by atoms with van der Waals surface area (Å²) in [5, 5.41) is 10.7. The van der Waals surface area contributed by atoms with Gasteiger partial charge in [0.1, 0.15) is 11.2 Å². The van der Waals surface area contributed by atoms with Crippen LogP contribution in [0.1, 0.15) is 12.2 Å². The van der Waals surface area contributed by atoms with Crippen LogP contribution in [0.4, 0.5) is 22.0 Å². The Morgan fingerprint density at radius 3 is 2.52 bits per heavy atom. The van der Waals surface area contributed by atoms with E-state index in [0.29, 0.717) is 11.0 Å². The lowest BCUT2D eigenvalue weighted by molar-refractivity contribution is -0.0509. The summed E-state index contributed by atoms with van der Waals surface area (Å²) in [6.45, 7) is -3.09. The Labute approximate surface area is 147 Å². The second kappa shape index (κ2) is 6.61. The van der Waals surface area contributed by atoms with Gasteiger partial charge in [-0.3, -0.25) is 0 Å². The van der Waals surface area contributed by atoms with E-state index in [1.165, 1.54) is 6.07 Å². The highest BCUT2D eigenvalue weighted by atomic mass is 32.2. The molecule has 0 amide bonds. The molecule has 8 nitrogen and oxygen atoms in total. The molecule has 0 aliphatic heterocycles. The van der Waals surface area contributed by atoms with Crippen LogP contribution in [0.5, 0.6) is 0 Å². The molecular weight excluding hydrogens is 401 g/mol. The molecule has 1 aromatic carbocycles. The van der Waals surface area contributed by atoms with Gasteiger partial charge in [-0.25, -0.2) is 9.36 Å². The molecule has 0 aliphatic rings. The molecule has 0 atom stereocenters. The number of para-hydroxylation sites is 1. The number of hydrogen-bond acceptors (Lipinski definition) is 6. The molecule has 144 valence electrons. The fourth-order valence-electron chi connectivity index (χ4n) is 1.97. The maximum atomic E-state index is 12.7. The van der Waals surface area contributed by atoms with Crippen LogP contribution in [0.25, 0.3) is 23.0 Å². The zero-order chi connectivity index (χ0) is 19.8. The van der Waals surface area contributed by atoms with Crippen LogP contribution in [-0.2, 0) is 14.3 Å². The number of halogens is 5. The molecular formula is C13H8F5N5O3S. The summed E-state index contributed by atoms with van der Waals surface area (Å²) in [6, 6.07) is 7.11. The van der Waals surface area contributed by atoms with Crippen LogP contribution in [0, 0.1) is 0 Å². The van der Waals surface area contributed by atoms with Gasteiger partial charge in [0.05, 0.1) is 11.7 Å². The largest absolute Gasteiger partial charge is 0.534 e. The standard InChI is InChI=1S/C13H8F5N5O3S/c14-12(15)22-6-5-9(20-22)11(26-27(24,25)13(16,17)18)7-23-10-4-2-1-3-8(10)19-21-23/h1-7,12H/b11-7-. The van der Waals surface area contributed by atoms with Crippen molar-refractivity contribution in [3.05, 3.63) is 42.2 Å². The highest BCUT2D eigenvalue weighted by molar-refractivity contribution is 7.87. The minimum Gasteiger partial charge on any atom is -0.372 e. The Bertz CT molecular complexity index is 1100. The Morgan fingerprint density at radius 1 is 1.19 bits per heavy atom. The molecule has 0 N–H and O–H groups in total. The second-order valence-electron chi connectivity index (χ2n) is 4.96. The van der Waals surface area contributed by atoms with Crippen molar-refractivity contribution in [3.8, 4) is 0 Å². The van der Waals surface area contributed by atoms with Crippen LogP contribution in [-0.4, -0.2) is 38.7 Å². The molecule has 0 spiro atoms. The maximum absolute atomic E-state index is 12.7. The molecule has 27 heavy (non-hydrogen) atoms. The van der Waals surface area contributed by atoms with Crippen molar-refractivity contribution in [1.82, 2.24) is 24.8 Å². The van der Waals surface area contributed by atoms with Gasteiger partial charge in [0.2, 0.25) is 0 Å². The third kappa shape index (κ3) is 3.74. The molecule has 0 radical (unpaired) electrons. The summed E-state index contributed by atoms with van der Waals surface area (Å²) in [4.78, 5) is 0. The summed E-state index contributed by atoms with van der Waals surface area (Å²) < 4.78 is 91.2. The van der Waals surface area contributed by atoms with Crippen molar-refractivity contribution in [2.24, 2.45) is 0 Å². The number of nitrogens with zero attached hydrogens (tertiary/aromatic N) is 5. The third-order valence-electron chi connectivity index (χ3n) is 3.16. The van der Waals surface area contributed by atoms with E-state index < -0.39 is 33.6 Å². The lowest BCUT2D eigenvalue weighted by Gasteiger charge is -2.11. The van der Waals surface area contributed by atoms with Crippen LogP contribution >= 0.6 is 0 Å². The monoisotopic (exact) mass is 409 g/mol. The first-order valence-electron chi connectivity index (χ1n) is 6.95. The molecule has 3 aromatic rings. The minimum atomic E-state index is -6.08. The van der Waals surface area contributed by atoms with Crippen molar-refractivity contribution in [2.75, 3.05) is 0 Å². The van der Waals surface area contributed by atoms with E-state index in [4.69, 9.17) is 0 Å². The van der Waals surface area contributed by atoms with E-state index in [9.17, 15) is 30.4 Å². The number of alkyl halides is 5. The summed E-state index contributed by atoms with van der Waals surface area (Å²) in [6.07, 6.45) is 1.49. The first kappa shape index (κ1) is 18.8. The summed E-state index contributed by atoms with van der Waals surface area (Å²) in [7, 11) is -6.08. The Kier molecular flexibility index (Phi) is 4.59. The van der Waals surface area contributed by atoms with Gasteiger partial charge in [-0.2, -0.15) is 35.5 Å². The van der Waals surface area contributed by atoms with Crippen LogP contribution in [0.2, 0.25) is 0 Å². The van der Waals surface area contributed by atoms with Crippen molar-refractivity contribution in [3.63, 3.8) is 0 Å². The first-order chi connectivity index (χ1) is 12.6. The molecule has 0 unspecified atom stereocenters. The average Bonchev–Trinajstić information content (AvgIpc) is 3.20. The third-order valence-corrected chi connectivity index (χ3v) is 4.13. The van der Waals surface area contributed by atoms with Crippen molar-refractivity contribution < 1.29 is 34.6 Å². The van der Waals surface area contributed by atoms with Gasteiger partial charge in [-0.05, 0) is 18.2 Å². The van der Waals surface area contributed by atoms with Gasteiger partial charge in [0.25, 0.3) is 0 Å².